The Labute approximate surface area is 157 Å². The average Bonchev–Trinajstić information content (AvgIpc) is 3.33. The fourth-order valence-corrected chi connectivity index (χ4v) is 4.63. The molecular weight excluding hydrogens is 348 g/mol. The smallest absolute Gasteiger partial charge is 0.264 e. The van der Waals surface area contributed by atoms with Gasteiger partial charge in [-0.2, -0.15) is 0 Å². The van der Waals surface area contributed by atoms with Gasteiger partial charge in [-0.1, -0.05) is 18.2 Å². The molecule has 2 fully saturated rings. The van der Waals surface area contributed by atoms with Crippen LogP contribution in [-0.4, -0.2) is 43.0 Å². The van der Waals surface area contributed by atoms with Crippen LogP contribution < -0.4 is 4.90 Å². The van der Waals surface area contributed by atoms with E-state index >= 15 is 0 Å². The largest absolute Gasteiger partial charge is 0.373 e. The van der Waals surface area contributed by atoms with E-state index in [-0.39, 0.29) is 24.5 Å². The van der Waals surface area contributed by atoms with Crippen LogP contribution in [0.1, 0.15) is 39.1 Å². The third-order valence-corrected chi connectivity index (χ3v) is 6.16. The number of rotatable bonds is 3. The first-order valence-corrected chi connectivity index (χ1v) is 9.82. The maximum Gasteiger partial charge on any atom is 0.264 e. The number of benzene rings is 1. The highest BCUT2D eigenvalue weighted by molar-refractivity contribution is 7.14. The summed E-state index contributed by atoms with van der Waals surface area (Å²) in [7, 11) is 0. The van der Waals surface area contributed by atoms with Crippen LogP contribution in [0.4, 0.5) is 5.69 Å². The summed E-state index contributed by atoms with van der Waals surface area (Å²) < 4.78 is 5.69. The van der Waals surface area contributed by atoms with Crippen molar-refractivity contribution in [2.75, 3.05) is 31.1 Å². The predicted octanol–water partition coefficient (Wildman–Crippen LogP) is 3.40. The molecule has 136 valence electrons. The minimum absolute atomic E-state index is 0.0326. The Balaban J connectivity index is 1.44. The zero-order valence-corrected chi connectivity index (χ0v) is 15.6. The predicted molar refractivity (Wildman–Crippen MR) is 102 cm³/mol. The molecular formula is C20H22N2O3S. The second-order valence-corrected chi connectivity index (χ2v) is 7.88. The topological polar surface area (TPSA) is 49.9 Å². The molecule has 0 radical (unpaired) electrons. The normalized spacial score (nSPS) is 20.7. The van der Waals surface area contributed by atoms with E-state index in [9.17, 15) is 9.59 Å². The number of carbonyl (C=O) groups excluding carboxylic acids is 2. The van der Waals surface area contributed by atoms with E-state index < -0.39 is 0 Å². The van der Waals surface area contributed by atoms with Crippen molar-refractivity contribution < 1.29 is 14.3 Å². The number of carbonyl (C=O) groups is 2. The molecule has 2 aliphatic heterocycles. The second kappa shape index (κ2) is 7.21. The van der Waals surface area contributed by atoms with Gasteiger partial charge < -0.3 is 14.5 Å². The number of ether oxygens (including phenoxy) is 1. The zero-order chi connectivity index (χ0) is 18.1. The standard InChI is InChI=1S/C20H22N2O3S/c1-14-5-2-3-6-15(14)22-11-10-21(13-19(22)23)20(24)18-9-8-17(26-18)16-7-4-12-25-16/h2-3,5-6,8-9,16H,4,7,10-13H2,1H3/t16-/m0/s1. The van der Waals surface area contributed by atoms with Crippen LogP contribution in [0.5, 0.6) is 0 Å². The molecule has 2 aromatic rings. The number of thiophene rings is 1. The van der Waals surface area contributed by atoms with Crippen LogP contribution in [0.25, 0.3) is 0 Å². The van der Waals surface area contributed by atoms with Gasteiger partial charge in [0.1, 0.15) is 6.54 Å². The van der Waals surface area contributed by atoms with Gasteiger partial charge in [-0.05, 0) is 43.5 Å². The minimum atomic E-state index is -0.0583. The molecule has 0 N–H and O–H groups in total. The molecule has 0 unspecified atom stereocenters. The summed E-state index contributed by atoms with van der Waals surface area (Å²) in [5.41, 5.74) is 2.00. The number of hydrogen-bond donors (Lipinski definition) is 0. The van der Waals surface area contributed by atoms with Crippen molar-refractivity contribution in [1.82, 2.24) is 4.90 Å². The maximum atomic E-state index is 12.8. The quantitative estimate of drug-likeness (QED) is 0.832. The lowest BCUT2D eigenvalue weighted by molar-refractivity contribution is -0.120. The molecule has 2 amide bonds. The van der Waals surface area contributed by atoms with E-state index in [0.29, 0.717) is 18.0 Å². The molecule has 2 saturated heterocycles. The number of aryl methyl sites for hydroxylation is 1. The SMILES string of the molecule is Cc1ccccc1N1CCN(C(=O)c2ccc([C@@H]3CCCO3)s2)CC1=O. The van der Waals surface area contributed by atoms with E-state index in [1.54, 1.807) is 9.80 Å². The van der Waals surface area contributed by atoms with Crippen molar-refractivity contribution in [3.8, 4) is 0 Å². The second-order valence-electron chi connectivity index (χ2n) is 6.76. The maximum absolute atomic E-state index is 12.8. The Kier molecular flexibility index (Phi) is 4.78. The Hall–Kier alpha value is -2.18. The third-order valence-electron chi connectivity index (χ3n) is 5.00. The lowest BCUT2D eigenvalue weighted by atomic mass is 10.1. The van der Waals surface area contributed by atoms with E-state index in [1.165, 1.54) is 11.3 Å². The average molecular weight is 370 g/mol. The first kappa shape index (κ1) is 17.2. The summed E-state index contributed by atoms with van der Waals surface area (Å²) >= 11 is 1.49. The van der Waals surface area contributed by atoms with Gasteiger partial charge in [-0.25, -0.2) is 0 Å². The number of para-hydroxylation sites is 1. The molecule has 0 spiro atoms. The molecule has 3 heterocycles. The van der Waals surface area contributed by atoms with Crippen molar-refractivity contribution in [3.05, 3.63) is 51.7 Å². The third kappa shape index (κ3) is 3.27. The molecule has 0 aliphatic carbocycles. The van der Waals surface area contributed by atoms with Crippen molar-refractivity contribution in [1.29, 1.82) is 0 Å². The molecule has 1 atom stereocenters. The molecule has 5 nitrogen and oxygen atoms in total. The molecule has 0 saturated carbocycles. The van der Waals surface area contributed by atoms with Gasteiger partial charge in [0, 0.05) is 30.3 Å². The van der Waals surface area contributed by atoms with Crippen LogP contribution in [0, 0.1) is 6.92 Å². The Morgan fingerprint density at radius 2 is 2.04 bits per heavy atom. The van der Waals surface area contributed by atoms with E-state index in [4.69, 9.17) is 4.74 Å². The molecule has 1 aromatic carbocycles. The number of nitrogens with zero attached hydrogens (tertiary/aromatic N) is 2. The highest BCUT2D eigenvalue weighted by atomic mass is 32.1. The Morgan fingerprint density at radius 1 is 1.19 bits per heavy atom. The van der Waals surface area contributed by atoms with E-state index in [2.05, 4.69) is 0 Å². The highest BCUT2D eigenvalue weighted by Gasteiger charge is 2.30. The lowest BCUT2D eigenvalue weighted by Gasteiger charge is -2.34. The monoisotopic (exact) mass is 370 g/mol. The molecule has 0 bridgehead atoms. The molecule has 2 aliphatic rings. The van der Waals surface area contributed by atoms with Gasteiger partial charge in [0.2, 0.25) is 5.91 Å². The fraction of sp³-hybridized carbons (Fsp3) is 0.400. The van der Waals surface area contributed by atoms with Crippen LogP contribution in [0.3, 0.4) is 0 Å². The molecule has 6 heteroatoms. The van der Waals surface area contributed by atoms with E-state index in [1.807, 2.05) is 43.3 Å². The zero-order valence-electron chi connectivity index (χ0n) is 14.8. The summed E-state index contributed by atoms with van der Waals surface area (Å²) in [6.07, 6.45) is 2.21. The first-order valence-electron chi connectivity index (χ1n) is 9.00. The van der Waals surface area contributed by atoms with Crippen LogP contribution in [-0.2, 0) is 9.53 Å². The van der Waals surface area contributed by atoms with Crippen LogP contribution in [0.15, 0.2) is 36.4 Å². The van der Waals surface area contributed by atoms with Gasteiger partial charge in [-0.3, -0.25) is 9.59 Å². The van der Waals surface area contributed by atoms with Crippen LogP contribution in [0.2, 0.25) is 0 Å². The van der Waals surface area contributed by atoms with Gasteiger partial charge in [0.05, 0.1) is 11.0 Å². The Bertz CT molecular complexity index is 826. The Morgan fingerprint density at radius 3 is 2.77 bits per heavy atom. The highest BCUT2D eigenvalue weighted by Crippen LogP contribution is 2.34. The van der Waals surface area contributed by atoms with Crippen molar-refractivity contribution in [2.24, 2.45) is 0 Å². The van der Waals surface area contributed by atoms with Crippen molar-refractivity contribution in [2.45, 2.75) is 25.9 Å². The summed E-state index contributed by atoms with van der Waals surface area (Å²) in [4.78, 5) is 30.7. The fourth-order valence-electron chi connectivity index (χ4n) is 3.57. The number of anilines is 1. The summed E-state index contributed by atoms with van der Waals surface area (Å²) in [5, 5.41) is 0. The lowest BCUT2D eigenvalue weighted by Crippen LogP contribution is -2.52. The minimum Gasteiger partial charge on any atom is -0.373 e. The summed E-state index contributed by atoms with van der Waals surface area (Å²) in [6, 6.07) is 11.7. The van der Waals surface area contributed by atoms with E-state index in [0.717, 1.165) is 35.6 Å². The van der Waals surface area contributed by atoms with Crippen LogP contribution >= 0.6 is 11.3 Å². The van der Waals surface area contributed by atoms with Crippen molar-refractivity contribution >= 4 is 28.8 Å². The van der Waals surface area contributed by atoms with Crippen molar-refractivity contribution in [3.63, 3.8) is 0 Å². The van der Waals surface area contributed by atoms with Gasteiger partial charge in [-0.15, -0.1) is 11.3 Å². The van der Waals surface area contributed by atoms with Gasteiger partial charge in [0.15, 0.2) is 0 Å². The molecule has 4 rings (SSSR count). The number of amides is 2. The van der Waals surface area contributed by atoms with Gasteiger partial charge >= 0.3 is 0 Å². The summed E-state index contributed by atoms with van der Waals surface area (Å²) in [5.74, 6) is -0.0909. The number of piperazine rings is 1. The summed E-state index contributed by atoms with van der Waals surface area (Å²) in [6.45, 7) is 3.99. The number of hydrogen-bond acceptors (Lipinski definition) is 4. The molecule has 1 aromatic heterocycles. The first-order chi connectivity index (χ1) is 12.6. The van der Waals surface area contributed by atoms with Gasteiger partial charge in [0.25, 0.3) is 5.91 Å². The molecule has 26 heavy (non-hydrogen) atoms.